The molecule has 1 aromatic carbocycles. The Labute approximate surface area is 124 Å². The number of benzene rings is 1. The summed E-state index contributed by atoms with van der Waals surface area (Å²) in [6.07, 6.45) is 0.841. The Kier molecular flexibility index (Phi) is 5.03. The van der Waals surface area contributed by atoms with Crippen molar-refractivity contribution in [1.82, 2.24) is 9.97 Å². The van der Waals surface area contributed by atoms with Crippen LogP contribution in [0, 0.1) is 0 Å². The Bertz CT molecular complexity index is 531. The molecular formula is C13H12BrClN2S. The average molecular weight is 344 g/mol. The number of hydrogen-bond donors (Lipinski definition) is 0. The van der Waals surface area contributed by atoms with Gasteiger partial charge in [-0.1, -0.05) is 30.7 Å². The molecule has 0 saturated heterocycles. The van der Waals surface area contributed by atoms with Gasteiger partial charge in [-0.15, -0.1) is 11.8 Å². The van der Waals surface area contributed by atoms with Crippen molar-refractivity contribution in [2.45, 2.75) is 24.1 Å². The number of nitrogens with zero attached hydrogens (tertiary/aromatic N) is 2. The van der Waals surface area contributed by atoms with Crippen LogP contribution >= 0.6 is 39.3 Å². The van der Waals surface area contributed by atoms with E-state index in [4.69, 9.17) is 11.6 Å². The summed E-state index contributed by atoms with van der Waals surface area (Å²) in [5.41, 5.74) is 1.23. The second kappa shape index (κ2) is 6.55. The van der Waals surface area contributed by atoms with Crippen LogP contribution in [0.1, 0.15) is 18.3 Å². The summed E-state index contributed by atoms with van der Waals surface area (Å²) in [6.45, 7) is 2.05. The van der Waals surface area contributed by atoms with Gasteiger partial charge in [0.1, 0.15) is 15.5 Å². The first-order chi connectivity index (χ1) is 8.67. The van der Waals surface area contributed by atoms with Gasteiger partial charge < -0.3 is 0 Å². The van der Waals surface area contributed by atoms with E-state index in [0.29, 0.717) is 0 Å². The standard InChI is InChI=1S/C13H12BrClN2S/c1-2-12-16-11(14)7-13(17-12)18-8-9-3-5-10(15)6-4-9/h3-7H,2,8H2,1H3. The van der Waals surface area contributed by atoms with Gasteiger partial charge in [0.2, 0.25) is 0 Å². The lowest BCUT2D eigenvalue weighted by molar-refractivity contribution is 0.877. The molecule has 18 heavy (non-hydrogen) atoms. The van der Waals surface area contributed by atoms with E-state index in [9.17, 15) is 0 Å². The summed E-state index contributed by atoms with van der Waals surface area (Å²) >= 11 is 11.0. The first kappa shape index (κ1) is 13.8. The summed E-state index contributed by atoms with van der Waals surface area (Å²) in [7, 11) is 0. The van der Waals surface area contributed by atoms with Crippen LogP contribution in [-0.4, -0.2) is 9.97 Å². The highest BCUT2D eigenvalue weighted by Crippen LogP contribution is 2.24. The van der Waals surface area contributed by atoms with Gasteiger partial charge in [-0.3, -0.25) is 0 Å². The zero-order valence-corrected chi connectivity index (χ0v) is 13.0. The van der Waals surface area contributed by atoms with Crippen molar-refractivity contribution in [3.05, 3.63) is 51.3 Å². The Morgan fingerprint density at radius 1 is 1.22 bits per heavy atom. The summed E-state index contributed by atoms with van der Waals surface area (Å²) in [6, 6.07) is 9.83. The van der Waals surface area contributed by atoms with Crippen LogP contribution in [0.4, 0.5) is 0 Å². The van der Waals surface area contributed by atoms with Crippen LogP contribution in [-0.2, 0) is 12.2 Å². The van der Waals surface area contributed by atoms with E-state index in [1.165, 1.54) is 5.56 Å². The second-order valence-corrected chi connectivity index (χ2v) is 5.96. The molecule has 1 heterocycles. The number of thioether (sulfide) groups is 1. The predicted octanol–water partition coefficient (Wildman–Crippen LogP) is 4.75. The van der Waals surface area contributed by atoms with E-state index >= 15 is 0 Å². The molecule has 0 spiro atoms. The molecule has 2 rings (SSSR count). The summed E-state index contributed by atoms with van der Waals surface area (Å²) < 4.78 is 0.841. The maximum atomic E-state index is 5.86. The lowest BCUT2D eigenvalue weighted by Crippen LogP contribution is -1.95. The van der Waals surface area contributed by atoms with Crippen molar-refractivity contribution < 1.29 is 0 Å². The zero-order valence-electron chi connectivity index (χ0n) is 9.86. The minimum Gasteiger partial charge on any atom is -0.227 e. The summed E-state index contributed by atoms with van der Waals surface area (Å²) in [4.78, 5) is 8.77. The van der Waals surface area contributed by atoms with E-state index in [2.05, 4.69) is 32.8 Å². The minimum atomic E-state index is 0.766. The number of aryl methyl sites for hydroxylation is 1. The largest absolute Gasteiger partial charge is 0.227 e. The quantitative estimate of drug-likeness (QED) is 0.592. The maximum Gasteiger partial charge on any atom is 0.130 e. The Balaban J connectivity index is 2.05. The fourth-order valence-electron chi connectivity index (χ4n) is 1.41. The monoisotopic (exact) mass is 342 g/mol. The van der Waals surface area contributed by atoms with E-state index in [-0.39, 0.29) is 0 Å². The average Bonchev–Trinajstić information content (AvgIpc) is 2.37. The molecule has 0 N–H and O–H groups in total. The lowest BCUT2D eigenvalue weighted by Gasteiger charge is -2.04. The van der Waals surface area contributed by atoms with Gasteiger partial charge in [-0.25, -0.2) is 9.97 Å². The van der Waals surface area contributed by atoms with E-state index < -0.39 is 0 Å². The third-order valence-corrected chi connectivity index (χ3v) is 3.97. The molecule has 0 amide bonds. The third-order valence-electron chi connectivity index (χ3n) is 2.33. The molecule has 0 fully saturated rings. The fourth-order valence-corrected chi connectivity index (χ4v) is 2.98. The first-order valence-electron chi connectivity index (χ1n) is 5.58. The van der Waals surface area contributed by atoms with Crippen molar-refractivity contribution >= 4 is 39.3 Å². The topological polar surface area (TPSA) is 25.8 Å². The van der Waals surface area contributed by atoms with Gasteiger partial charge in [0.25, 0.3) is 0 Å². The van der Waals surface area contributed by atoms with Gasteiger partial charge in [0.05, 0.1) is 0 Å². The molecular weight excluding hydrogens is 332 g/mol. The van der Waals surface area contributed by atoms with Crippen molar-refractivity contribution in [1.29, 1.82) is 0 Å². The molecule has 0 unspecified atom stereocenters. The molecule has 0 bridgehead atoms. The van der Waals surface area contributed by atoms with Crippen LogP contribution < -0.4 is 0 Å². The van der Waals surface area contributed by atoms with Gasteiger partial charge in [-0.2, -0.15) is 0 Å². The van der Waals surface area contributed by atoms with Crippen molar-refractivity contribution in [2.24, 2.45) is 0 Å². The highest BCUT2D eigenvalue weighted by atomic mass is 79.9. The van der Waals surface area contributed by atoms with E-state index in [0.717, 1.165) is 32.6 Å². The molecule has 2 nitrogen and oxygen atoms in total. The molecule has 0 aliphatic rings. The smallest absolute Gasteiger partial charge is 0.130 e. The van der Waals surface area contributed by atoms with Crippen molar-refractivity contribution in [2.75, 3.05) is 0 Å². The second-order valence-electron chi connectivity index (χ2n) is 3.71. The van der Waals surface area contributed by atoms with Gasteiger partial charge in [-0.05, 0) is 33.6 Å². The van der Waals surface area contributed by atoms with Crippen LogP contribution in [0.25, 0.3) is 0 Å². The van der Waals surface area contributed by atoms with Crippen LogP contribution in [0.2, 0.25) is 5.02 Å². The summed E-state index contributed by atoms with van der Waals surface area (Å²) in [5.74, 6) is 1.74. The van der Waals surface area contributed by atoms with Crippen molar-refractivity contribution in [3.63, 3.8) is 0 Å². The lowest BCUT2D eigenvalue weighted by atomic mass is 10.2. The molecule has 0 radical (unpaired) electrons. The first-order valence-corrected chi connectivity index (χ1v) is 7.73. The Morgan fingerprint density at radius 3 is 2.61 bits per heavy atom. The third kappa shape index (κ3) is 3.97. The highest BCUT2D eigenvalue weighted by molar-refractivity contribution is 9.10. The Hall–Kier alpha value is -0.580. The molecule has 1 aromatic heterocycles. The number of halogens is 2. The molecule has 0 aliphatic heterocycles. The van der Waals surface area contributed by atoms with Crippen LogP contribution in [0.15, 0.2) is 40.0 Å². The zero-order chi connectivity index (χ0) is 13.0. The number of aromatic nitrogens is 2. The molecule has 0 atom stereocenters. The number of hydrogen-bond acceptors (Lipinski definition) is 3. The van der Waals surface area contributed by atoms with Gasteiger partial charge >= 0.3 is 0 Å². The summed E-state index contributed by atoms with van der Waals surface area (Å²) in [5, 5.41) is 1.76. The minimum absolute atomic E-state index is 0.766. The molecule has 0 aliphatic carbocycles. The van der Waals surface area contributed by atoms with E-state index in [1.807, 2.05) is 30.3 Å². The predicted molar refractivity (Wildman–Crippen MR) is 80.1 cm³/mol. The number of rotatable bonds is 4. The van der Waals surface area contributed by atoms with Gasteiger partial charge in [0, 0.05) is 23.3 Å². The molecule has 5 heteroatoms. The Morgan fingerprint density at radius 2 is 1.94 bits per heavy atom. The highest BCUT2D eigenvalue weighted by Gasteiger charge is 2.03. The SMILES string of the molecule is CCc1nc(Br)cc(SCc2ccc(Cl)cc2)n1. The van der Waals surface area contributed by atoms with Crippen LogP contribution in [0.5, 0.6) is 0 Å². The molecule has 94 valence electrons. The fraction of sp³-hybridized carbons (Fsp3) is 0.231. The van der Waals surface area contributed by atoms with Crippen molar-refractivity contribution in [3.8, 4) is 0 Å². The molecule has 0 saturated carbocycles. The normalized spacial score (nSPS) is 10.6. The van der Waals surface area contributed by atoms with E-state index in [1.54, 1.807) is 11.8 Å². The van der Waals surface area contributed by atoms with Crippen LogP contribution in [0.3, 0.4) is 0 Å². The maximum absolute atomic E-state index is 5.86. The van der Waals surface area contributed by atoms with Gasteiger partial charge in [0.15, 0.2) is 0 Å². The molecule has 2 aromatic rings.